The van der Waals surface area contributed by atoms with Crippen LogP contribution < -0.4 is 5.32 Å². The number of piperazine rings is 1. The van der Waals surface area contributed by atoms with Crippen LogP contribution in [0.1, 0.15) is 32.8 Å². The van der Waals surface area contributed by atoms with E-state index in [1.54, 1.807) is 24.3 Å². The number of likely N-dealkylation sites (N-methyl/N-ethyl adjacent to an activating group) is 1. The molecular weight excluding hydrogens is 396 g/mol. The third kappa shape index (κ3) is 5.32. The molecule has 0 atom stereocenters. The molecule has 1 N–H and O–H groups in total. The van der Waals surface area contributed by atoms with E-state index in [2.05, 4.69) is 17.1 Å². The number of carbonyl (C=O) groups is 3. The SMILES string of the molecule is CCOCCCN1C(=O)C(c2ccc(NC(C)=O)cc2)=C(N2CCN(CC)CC2)C1=O. The number of anilines is 1. The van der Waals surface area contributed by atoms with Gasteiger partial charge in [0, 0.05) is 58.5 Å². The molecule has 0 aliphatic carbocycles. The van der Waals surface area contributed by atoms with Crippen LogP contribution in [0.25, 0.3) is 5.57 Å². The van der Waals surface area contributed by atoms with Gasteiger partial charge < -0.3 is 19.9 Å². The zero-order valence-corrected chi connectivity index (χ0v) is 18.6. The fourth-order valence-corrected chi connectivity index (χ4v) is 4.00. The Labute approximate surface area is 183 Å². The zero-order chi connectivity index (χ0) is 22.4. The van der Waals surface area contributed by atoms with Crippen LogP contribution in [0.15, 0.2) is 30.0 Å². The molecule has 168 valence electrons. The van der Waals surface area contributed by atoms with Gasteiger partial charge in [-0.2, -0.15) is 0 Å². The van der Waals surface area contributed by atoms with Gasteiger partial charge in [0.15, 0.2) is 0 Å². The van der Waals surface area contributed by atoms with Crippen LogP contribution >= 0.6 is 0 Å². The molecule has 1 fully saturated rings. The number of hydrogen-bond donors (Lipinski definition) is 1. The zero-order valence-electron chi connectivity index (χ0n) is 18.6. The maximum atomic E-state index is 13.3. The highest BCUT2D eigenvalue weighted by atomic mass is 16.5. The topological polar surface area (TPSA) is 82.2 Å². The number of benzene rings is 1. The summed E-state index contributed by atoms with van der Waals surface area (Å²) in [6.45, 7) is 11.1. The highest BCUT2D eigenvalue weighted by Gasteiger charge is 2.41. The number of ether oxygens (including phenoxy) is 1. The van der Waals surface area contributed by atoms with E-state index in [4.69, 9.17) is 4.74 Å². The van der Waals surface area contributed by atoms with E-state index in [9.17, 15) is 14.4 Å². The van der Waals surface area contributed by atoms with Gasteiger partial charge in [0.1, 0.15) is 5.70 Å². The lowest BCUT2D eigenvalue weighted by Crippen LogP contribution is -2.47. The minimum Gasteiger partial charge on any atom is -0.382 e. The molecular formula is C23H32N4O4. The lowest BCUT2D eigenvalue weighted by atomic mass is 10.0. The molecule has 2 aliphatic heterocycles. The first-order valence-corrected chi connectivity index (χ1v) is 11.0. The second-order valence-corrected chi connectivity index (χ2v) is 7.72. The average Bonchev–Trinajstić information content (AvgIpc) is 3.01. The van der Waals surface area contributed by atoms with Crippen molar-refractivity contribution >= 4 is 29.0 Å². The summed E-state index contributed by atoms with van der Waals surface area (Å²) in [5.74, 6) is -0.650. The van der Waals surface area contributed by atoms with E-state index >= 15 is 0 Å². The first-order chi connectivity index (χ1) is 15.0. The van der Waals surface area contributed by atoms with Crippen molar-refractivity contribution in [2.24, 2.45) is 0 Å². The van der Waals surface area contributed by atoms with Gasteiger partial charge in [0.25, 0.3) is 11.8 Å². The van der Waals surface area contributed by atoms with Crippen LogP contribution in [0, 0.1) is 0 Å². The number of imide groups is 1. The molecule has 8 heteroatoms. The van der Waals surface area contributed by atoms with Gasteiger partial charge in [-0.3, -0.25) is 19.3 Å². The van der Waals surface area contributed by atoms with Crippen molar-refractivity contribution < 1.29 is 19.1 Å². The molecule has 8 nitrogen and oxygen atoms in total. The molecule has 2 heterocycles. The Balaban J connectivity index is 1.88. The van der Waals surface area contributed by atoms with E-state index in [1.165, 1.54) is 11.8 Å². The maximum Gasteiger partial charge on any atom is 0.277 e. The van der Waals surface area contributed by atoms with E-state index in [0.717, 1.165) is 19.6 Å². The maximum absolute atomic E-state index is 13.3. The fourth-order valence-electron chi connectivity index (χ4n) is 4.00. The van der Waals surface area contributed by atoms with Crippen LogP contribution in [-0.2, 0) is 19.1 Å². The summed E-state index contributed by atoms with van der Waals surface area (Å²) in [5, 5.41) is 2.73. The molecule has 0 radical (unpaired) electrons. The van der Waals surface area contributed by atoms with E-state index < -0.39 is 0 Å². The summed E-state index contributed by atoms with van der Waals surface area (Å²) in [7, 11) is 0. The second-order valence-electron chi connectivity index (χ2n) is 7.72. The van der Waals surface area contributed by atoms with Gasteiger partial charge in [0.2, 0.25) is 5.91 Å². The van der Waals surface area contributed by atoms with Crippen LogP contribution in [0.4, 0.5) is 5.69 Å². The standard InChI is InChI=1S/C23H32N4O4/c1-4-25-12-14-26(15-13-25)21-20(18-7-9-19(10-8-18)24-17(3)28)22(29)27(23(21)30)11-6-16-31-5-2/h7-10H,4-6,11-16H2,1-3H3,(H,24,28). The van der Waals surface area contributed by atoms with E-state index in [1.807, 2.05) is 11.8 Å². The Kier molecular flexibility index (Phi) is 7.81. The molecule has 0 saturated carbocycles. The number of carbonyl (C=O) groups excluding carboxylic acids is 3. The lowest BCUT2D eigenvalue weighted by Gasteiger charge is -2.36. The average molecular weight is 429 g/mol. The summed E-state index contributed by atoms with van der Waals surface area (Å²) in [6.07, 6.45) is 0.608. The van der Waals surface area contributed by atoms with Crippen molar-refractivity contribution in [2.75, 3.05) is 57.8 Å². The number of hydrogen-bond acceptors (Lipinski definition) is 6. The van der Waals surface area contributed by atoms with Crippen LogP contribution in [0.2, 0.25) is 0 Å². The molecule has 3 rings (SSSR count). The molecule has 1 aromatic rings. The predicted molar refractivity (Wildman–Crippen MR) is 119 cm³/mol. The fraction of sp³-hybridized carbons (Fsp3) is 0.522. The molecule has 1 aromatic carbocycles. The van der Waals surface area contributed by atoms with Gasteiger partial charge in [-0.05, 0) is 37.6 Å². The van der Waals surface area contributed by atoms with Crippen molar-refractivity contribution in [3.63, 3.8) is 0 Å². The summed E-state index contributed by atoms with van der Waals surface area (Å²) >= 11 is 0. The summed E-state index contributed by atoms with van der Waals surface area (Å²) < 4.78 is 5.37. The Hall–Kier alpha value is -2.71. The third-order valence-corrected chi connectivity index (χ3v) is 5.65. The Bertz CT molecular complexity index is 842. The van der Waals surface area contributed by atoms with Gasteiger partial charge in [-0.15, -0.1) is 0 Å². The lowest BCUT2D eigenvalue weighted by molar-refractivity contribution is -0.137. The van der Waals surface area contributed by atoms with Crippen molar-refractivity contribution in [3.05, 3.63) is 35.5 Å². The van der Waals surface area contributed by atoms with Crippen LogP contribution in [0.3, 0.4) is 0 Å². The highest BCUT2D eigenvalue weighted by Crippen LogP contribution is 2.33. The molecule has 3 amide bonds. The largest absolute Gasteiger partial charge is 0.382 e. The molecule has 0 spiro atoms. The number of amides is 3. The minimum atomic E-state index is -0.262. The number of nitrogens with one attached hydrogen (secondary N) is 1. The Morgan fingerprint density at radius 3 is 2.29 bits per heavy atom. The Morgan fingerprint density at radius 1 is 1.03 bits per heavy atom. The minimum absolute atomic E-state index is 0.158. The molecule has 0 bridgehead atoms. The quantitative estimate of drug-likeness (QED) is 0.477. The van der Waals surface area contributed by atoms with Crippen molar-refractivity contribution in [3.8, 4) is 0 Å². The smallest absolute Gasteiger partial charge is 0.277 e. The second kappa shape index (κ2) is 10.5. The van der Waals surface area contributed by atoms with Crippen molar-refractivity contribution in [1.29, 1.82) is 0 Å². The molecule has 0 aromatic heterocycles. The molecule has 1 saturated heterocycles. The van der Waals surface area contributed by atoms with Gasteiger partial charge in [0.05, 0.1) is 5.57 Å². The summed E-state index contributed by atoms with van der Waals surface area (Å²) in [5.41, 5.74) is 2.28. The van der Waals surface area contributed by atoms with Gasteiger partial charge >= 0.3 is 0 Å². The Morgan fingerprint density at radius 2 is 1.71 bits per heavy atom. The van der Waals surface area contributed by atoms with Crippen molar-refractivity contribution in [2.45, 2.75) is 27.2 Å². The molecule has 0 unspecified atom stereocenters. The van der Waals surface area contributed by atoms with Gasteiger partial charge in [-0.1, -0.05) is 19.1 Å². The van der Waals surface area contributed by atoms with E-state index in [-0.39, 0.29) is 17.7 Å². The number of rotatable bonds is 9. The highest BCUT2D eigenvalue weighted by molar-refractivity contribution is 6.35. The number of nitrogens with zero attached hydrogens (tertiary/aromatic N) is 3. The van der Waals surface area contributed by atoms with Gasteiger partial charge in [-0.25, -0.2) is 0 Å². The van der Waals surface area contributed by atoms with Crippen LogP contribution in [-0.4, -0.2) is 84.9 Å². The summed E-state index contributed by atoms with van der Waals surface area (Å²) in [6, 6.07) is 7.09. The van der Waals surface area contributed by atoms with Crippen LogP contribution in [0.5, 0.6) is 0 Å². The predicted octanol–water partition coefficient (Wildman–Crippen LogP) is 1.79. The van der Waals surface area contributed by atoms with E-state index in [0.29, 0.717) is 61.8 Å². The first kappa shape index (κ1) is 23.0. The monoisotopic (exact) mass is 428 g/mol. The third-order valence-electron chi connectivity index (χ3n) is 5.65. The molecule has 2 aliphatic rings. The first-order valence-electron chi connectivity index (χ1n) is 11.0. The normalized spacial score (nSPS) is 17.6. The molecule has 31 heavy (non-hydrogen) atoms. The summed E-state index contributed by atoms with van der Waals surface area (Å²) in [4.78, 5) is 43.7. The van der Waals surface area contributed by atoms with Crippen molar-refractivity contribution in [1.82, 2.24) is 14.7 Å².